The van der Waals surface area contributed by atoms with E-state index in [0.717, 1.165) is 11.4 Å². The van der Waals surface area contributed by atoms with Gasteiger partial charge in [0.15, 0.2) is 16.0 Å². The minimum atomic E-state index is -0.235. The van der Waals surface area contributed by atoms with Gasteiger partial charge in [0.25, 0.3) is 5.91 Å². The number of hydrogen-bond acceptors (Lipinski definition) is 5. The molecule has 0 spiro atoms. The lowest BCUT2D eigenvalue weighted by molar-refractivity contribution is 0.0769. The maximum atomic E-state index is 12.7. The molecule has 1 atom stereocenters. The third kappa shape index (κ3) is 2.47. The van der Waals surface area contributed by atoms with Gasteiger partial charge in [-0.2, -0.15) is 5.10 Å². The molecule has 4 rings (SSSR count). The van der Waals surface area contributed by atoms with Crippen LogP contribution in [0.25, 0.3) is 5.65 Å². The average Bonchev–Trinajstić information content (AvgIpc) is 3.08. The molecule has 0 bridgehead atoms. The van der Waals surface area contributed by atoms with Gasteiger partial charge in [0.1, 0.15) is 5.76 Å². The molecule has 0 radical (unpaired) electrons. The van der Waals surface area contributed by atoms with Crippen LogP contribution in [0.3, 0.4) is 0 Å². The van der Waals surface area contributed by atoms with Crippen molar-refractivity contribution in [2.24, 2.45) is 0 Å². The number of carbonyl (C=O) groups is 1. The van der Waals surface area contributed by atoms with E-state index in [0.29, 0.717) is 27.6 Å². The molecule has 1 amide bonds. The fraction of sp³-hybridized carbons (Fsp3) is 0.214. The van der Waals surface area contributed by atoms with Crippen LogP contribution in [0.2, 0.25) is 5.02 Å². The standard InChI is InChI=1S/C14H11BrClN5O2/c1-7-5-21(18-9-2-11(15)23-13(7)9)14(22)10-3-12-17-4-8(16)6-20(12)19-10/h2-4,6-7,18H,5H2,1H3. The van der Waals surface area contributed by atoms with E-state index in [-0.39, 0.29) is 11.8 Å². The Labute approximate surface area is 144 Å². The van der Waals surface area contributed by atoms with E-state index < -0.39 is 0 Å². The van der Waals surface area contributed by atoms with Gasteiger partial charge in [-0.25, -0.2) is 9.50 Å². The lowest BCUT2D eigenvalue weighted by Gasteiger charge is -2.30. The summed E-state index contributed by atoms with van der Waals surface area (Å²) in [4.78, 5) is 16.8. The van der Waals surface area contributed by atoms with Gasteiger partial charge in [0.05, 0.1) is 23.5 Å². The van der Waals surface area contributed by atoms with Crippen molar-refractivity contribution in [2.75, 3.05) is 12.0 Å². The van der Waals surface area contributed by atoms with Crippen LogP contribution in [0.1, 0.15) is 29.1 Å². The van der Waals surface area contributed by atoms with Crippen LogP contribution in [-0.4, -0.2) is 32.1 Å². The Morgan fingerprint density at radius 3 is 3.17 bits per heavy atom. The van der Waals surface area contributed by atoms with E-state index >= 15 is 0 Å². The summed E-state index contributed by atoms with van der Waals surface area (Å²) >= 11 is 9.19. The Hall–Kier alpha value is -2.06. The molecule has 23 heavy (non-hydrogen) atoms. The summed E-state index contributed by atoms with van der Waals surface area (Å²) in [7, 11) is 0. The smallest absolute Gasteiger partial charge is 0.292 e. The van der Waals surface area contributed by atoms with Crippen LogP contribution < -0.4 is 5.43 Å². The van der Waals surface area contributed by atoms with Crippen molar-refractivity contribution in [3.8, 4) is 0 Å². The van der Waals surface area contributed by atoms with Gasteiger partial charge in [-0.1, -0.05) is 18.5 Å². The molecule has 1 unspecified atom stereocenters. The predicted octanol–water partition coefficient (Wildman–Crippen LogP) is 3.32. The van der Waals surface area contributed by atoms with Crippen molar-refractivity contribution < 1.29 is 9.21 Å². The number of carbonyl (C=O) groups excluding carboxylic acids is 1. The minimum absolute atomic E-state index is 0.0751. The predicted molar refractivity (Wildman–Crippen MR) is 87.5 cm³/mol. The van der Waals surface area contributed by atoms with Crippen LogP contribution in [-0.2, 0) is 0 Å². The van der Waals surface area contributed by atoms with Crippen molar-refractivity contribution in [1.82, 2.24) is 19.6 Å². The van der Waals surface area contributed by atoms with E-state index in [1.807, 2.05) is 6.92 Å². The third-order valence-electron chi connectivity index (χ3n) is 3.64. The quantitative estimate of drug-likeness (QED) is 0.683. The first-order valence-corrected chi connectivity index (χ1v) is 8.07. The van der Waals surface area contributed by atoms with E-state index in [2.05, 4.69) is 31.4 Å². The number of furan rings is 1. The summed E-state index contributed by atoms with van der Waals surface area (Å²) in [5.74, 6) is 0.664. The zero-order chi connectivity index (χ0) is 16.1. The molecular formula is C14H11BrClN5O2. The lowest BCUT2D eigenvalue weighted by atomic mass is 10.1. The molecular weight excluding hydrogens is 386 g/mol. The number of aromatic nitrogens is 3. The number of hydrogen-bond donors (Lipinski definition) is 1. The molecule has 1 aliphatic heterocycles. The lowest BCUT2D eigenvalue weighted by Crippen LogP contribution is -2.42. The van der Waals surface area contributed by atoms with Gasteiger partial charge in [-0.05, 0) is 15.9 Å². The van der Waals surface area contributed by atoms with Gasteiger partial charge < -0.3 is 4.42 Å². The minimum Gasteiger partial charge on any atom is -0.452 e. The molecule has 0 aliphatic carbocycles. The monoisotopic (exact) mass is 395 g/mol. The molecule has 118 valence electrons. The maximum absolute atomic E-state index is 12.7. The second-order valence-electron chi connectivity index (χ2n) is 5.36. The van der Waals surface area contributed by atoms with Gasteiger partial charge in [-0.15, -0.1) is 0 Å². The van der Waals surface area contributed by atoms with Gasteiger partial charge >= 0.3 is 0 Å². The molecule has 1 aliphatic rings. The fourth-order valence-corrected chi connectivity index (χ4v) is 3.15. The number of hydrazine groups is 1. The number of amides is 1. The molecule has 0 fully saturated rings. The zero-order valence-corrected chi connectivity index (χ0v) is 14.3. The Balaban J connectivity index is 1.66. The number of rotatable bonds is 1. The van der Waals surface area contributed by atoms with Gasteiger partial charge in [0, 0.05) is 24.2 Å². The highest BCUT2D eigenvalue weighted by molar-refractivity contribution is 9.10. The topological polar surface area (TPSA) is 75.7 Å². The molecule has 1 N–H and O–H groups in total. The number of anilines is 1. The summed E-state index contributed by atoms with van der Waals surface area (Å²) in [5.41, 5.74) is 4.70. The number of nitrogens with one attached hydrogen (secondary N) is 1. The van der Waals surface area contributed by atoms with Crippen LogP contribution in [0.15, 0.2) is 33.6 Å². The third-order valence-corrected chi connectivity index (χ3v) is 4.22. The van der Waals surface area contributed by atoms with Crippen molar-refractivity contribution in [1.29, 1.82) is 0 Å². The van der Waals surface area contributed by atoms with E-state index in [1.165, 1.54) is 15.7 Å². The SMILES string of the molecule is CC1CN(C(=O)c2cc3ncc(Cl)cn3n2)Nc2cc(Br)oc21. The number of nitrogens with zero attached hydrogens (tertiary/aromatic N) is 4. The normalized spacial score (nSPS) is 17.2. The van der Waals surface area contributed by atoms with Crippen molar-refractivity contribution in [3.05, 3.63) is 45.7 Å². The van der Waals surface area contributed by atoms with Crippen LogP contribution in [0.4, 0.5) is 5.69 Å². The number of halogens is 2. The highest BCUT2D eigenvalue weighted by Crippen LogP contribution is 2.35. The Morgan fingerprint density at radius 2 is 2.35 bits per heavy atom. The molecule has 7 nitrogen and oxygen atoms in total. The first-order valence-electron chi connectivity index (χ1n) is 6.90. The first kappa shape index (κ1) is 14.5. The first-order chi connectivity index (χ1) is 11.0. The largest absolute Gasteiger partial charge is 0.452 e. The molecule has 0 aromatic carbocycles. The highest BCUT2D eigenvalue weighted by Gasteiger charge is 2.30. The molecule has 4 heterocycles. The van der Waals surface area contributed by atoms with E-state index in [1.54, 1.807) is 18.3 Å². The van der Waals surface area contributed by atoms with Crippen molar-refractivity contribution >= 4 is 44.8 Å². The molecule has 3 aromatic heterocycles. The second kappa shape index (κ2) is 5.24. The number of fused-ring (bicyclic) bond motifs is 2. The van der Waals surface area contributed by atoms with Crippen molar-refractivity contribution in [3.63, 3.8) is 0 Å². The van der Waals surface area contributed by atoms with Crippen LogP contribution >= 0.6 is 27.5 Å². The van der Waals surface area contributed by atoms with Crippen molar-refractivity contribution in [2.45, 2.75) is 12.8 Å². The Kier molecular flexibility index (Phi) is 3.31. The molecule has 3 aromatic rings. The summed E-state index contributed by atoms with van der Waals surface area (Å²) in [6.07, 6.45) is 3.13. The van der Waals surface area contributed by atoms with E-state index in [9.17, 15) is 4.79 Å². The fourth-order valence-electron chi connectivity index (χ4n) is 2.61. The summed E-state index contributed by atoms with van der Waals surface area (Å²) in [6, 6.07) is 3.43. The summed E-state index contributed by atoms with van der Waals surface area (Å²) in [6.45, 7) is 2.48. The Bertz CT molecular complexity index is 921. The average molecular weight is 397 g/mol. The van der Waals surface area contributed by atoms with Gasteiger partial charge in [0.2, 0.25) is 0 Å². The zero-order valence-electron chi connectivity index (χ0n) is 12.0. The molecule has 9 heteroatoms. The Morgan fingerprint density at radius 1 is 1.52 bits per heavy atom. The van der Waals surface area contributed by atoms with E-state index in [4.69, 9.17) is 16.0 Å². The molecule has 0 saturated heterocycles. The van der Waals surface area contributed by atoms with Gasteiger partial charge in [-0.3, -0.25) is 15.2 Å². The second-order valence-corrected chi connectivity index (χ2v) is 6.58. The van der Waals surface area contributed by atoms with Crippen LogP contribution in [0.5, 0.6) is 0 Å². The molecule has 0 saturated carbocycles. The highest BCUT2D eigenvalue weighted by atomic mass is 79.9. The van der Waals surface area contributed by atoms with Crippen LogP contribution in [0, 0.1) is 0 Å². The summed E-state index contributed by atoms with van der Waals surface area (Å²) < 4.78 is 7.70. The summed E-state index contributed by atoms with van der Waals surface area (Å²) in [5, 5.41) is 6.22. The maximum Gasteiger partial charge on any atom is 0.292 e.